The fourth-order valence-corrected chi connectivity index (χ4v) is 2.68. The number of nitrogens with two attached hydrogens (primary N) is 1. The van der Waals surface area contributed by atoms with E-state index in [0.29, 0.717) is 12.2 Å². The van der Waals surface area contributed by atoms with E-state index in [9.17, 15) is 9.18 Å². The standard InChI is InChI=1S/C13H14FN3O2S/c1-7-12(20-6-16-7)5-17(2)11-4-9(14)8(13(18)19)3-10(11)15/h3-4,6H,5,15H2,1-2H3,(H,18,19). The number of benzene rings is 1. The SMILES string of the molecule is Cc1ncsc1CN(C)c1cc(F)c(C(=O)O)cc1N. The molecular formula is C13H14FN3O2S. The molecule has 2 aromatic rings. The molecule has 0 aliphatic rings. The quantitative estimate of drug-likeness (QED) is 0.847. The number of rotatable bonds is 4. The van der Waals surface area contributed by atoms with E-state index in [2.05, 4.69) is 4.98 Å². The van der Waals surface area contributed by atoms with E-state index in [-0.39, 0.29) is 5.69 Å². The molecule has 0 spiro atoms. The van der Waals surface area contributed by atoms with E-state index in [0.717, 1.165) is 22.7 Å². The first-order chi connectivity index (χ1) is 9.40. The Balaban J connectivity index is 2.31. The lowest BCUT2D eigenvalue weighted by atomic mass is 10.1. The van der Waals surface area contributed by atoms with Gasteiger partial charge in [0.05, 0.1) is 34.7 Å². The molecule has 5 nitrogen and oxygen atoms in total. The number of thiazole rings is 1. The summed E-state index contributed by atoms with van der Waals surface area (Å²) in [5.41, 5.74) is 8.74. The molecule has 0 unspecified atom stereocenters. The van der Waals surface area contributed by atoms with Crippen molar-refractivity contribution in [3.63, 3.8) is 0 Å². The first kappa shape index (κ1) is 14.3. The van der Waals surface area contributed by atoms with Crippen LogP contribution in [0, 0.1) is 12.7 Å². The topological polar surface area (TPSA) is 79.5 Å². The number of aryl methyl sites for hydroxylation is 1. The minimum absolute atomic E-state index is 0.230. The fourth-order valence-electron chi connectivity index (χ4n) is 1.85. The van der Waals surface area contributed by atoms with E-state index >= 15 is 0 Å². The van der Waals surface area contributed by atoms with Crippen LogP contribution in [0.15, 0.2) is 17.6 Å². The van der Waals surface area contributed by atoms with Gasteiger partial charge in [0.2, 0.25) is 0 Å². The number of aromatic nitrogens is 1. The lowest BCUT2D eigenvalue weighted by Crippen LogP contribution is -2.18. The largest absolute Gasteiger partial charge is 0.478 e. The maximum Gasteiger partial charge on any atom is 0.338 e. The van der Waals surface area contributed by atoms with E-state index < -0.39 is 17.3 Å². The molecule has 1 aromatic carbocycles. The first-order valence-electron chi connectivity index (χ1n) is 5.82. The van der Waals surface area contributed by atoms with Gasteiger partial charge in [0.1, 0.15) is 5.82 Å². The van der Waals surface area contributed by atoms with Crippen molar-refractivity contribution in [2.45, 2.75) is 13.5 Å². The monoisotopic (exact) mass is 295 g/mol. The van der Waals surface area contributed by atoms with Gasteiger partial charge in [0.15, 0.2) is 0 Å². The molecule has 0 fully saturated rings. The lowest BCUT2D eigenvalue weighted by Gasteiger charge is -2.21. The van der Waals surface area contributed by atoms with Gasteiger partial charge in [-0.25, -0.2) is 14.2 Å². The molecule has 20 heavy (non-hydrogen) atoms. The Morgan fingerprint density at radius 1 is 1.55 bits per heavy atom. The third-order valence-electron chi connectivity index (χ3n) is 2.98. The van der Waals surface area contributed by atoms with Crippen molar-refractivity contribution in [1.82, 2.24) is 4.98 Å². The van der Waals surface area contributed by atoms with Gasteiger partial charge in [0.25, 0.3) is 0 Å². The number of carboxylic acids is 1. The zero-order valence-corrected chi connectivity index (χ0v) is 11.9. The maximum atomic E-state index is 13.7. The Labute approximate surface area is 119 Å². The summed E-state index contributed by atoms with van der Waals surface area (Å²) < 4.78 is 13.7. The zero-order valence-electron chi connectivity index (χ0n) is 11.1. The highest BCUT2D eigenvalue weighted by Gasteiger charge is 2.16. The molecular weight excluding hydrogens is 281 g/mol. The molecule has 7 heteroatoms. The van der Waals surface area contributed by atoms with Gasteiger partial charge in [-0.3, -0.25) is 0 Å². The number of halogens is 1. The minimum Gasteiger partial charge on any atom is -0.478 e. The Morgan fingerprint density at radius 3 is 2.80 bits per heavy atom. The number of nitrogen functional groups attached to an aromatic ring is 1. The highest BCUT2D eigenvalue weighted by Crippen LogP contribution is 2.28. The summed E-state index contributed by atoms with van der Waals surface area (Å²) in [6, 6.07) is 2.29. The van der Waals surface area contributed by atoms with Gasteiger partial charge in [-0.05, 0) is 13.0 Å². The summed E-state index contributed by atoms with van der Waals surface area (Å²) in [5, 5.41) is 8.85. The summed E-state index contributed by atoms with van der Waals surface area (Å²) in [5.74, 6) is -2.13. The van der Waals surface area contributed by atoms with Crippen molar-refractivity contribution in [3.05, 3.63) is 39.6 Å². The molecule has 1 aromatic heterocycles. The van der Waals surface area contributed by atoms with Crippen molar-refractivity contribution in [3.8, 4) is 0 Å². The fraction of sp³-hybridized carbons (Fsp3) is 0.231. The molecule has 0 saturated carbocycles. The predicted octanol–water partition coefficient (Wildman–Crippen LogP) is 2.51. The Bertz CT molecular complexity index is 657. The molecule has 106 valence electrons. The lowest BCUT2D eigenvalue weighted by molar-refractivity contribution is 0.0692. The van der Waals surface area contributed by atoms with Gasteiger partial charge >= 0.3 is 5.97 Å². The summed E-state index contributed by atoms with van der Waals surface area (Å²) in [7, 11) is 1.77. The smallest absolute Gasteiger partial charge is 0.338 e. The number of carbonyl (C=O) groups is 1. The zero-order chi connectivity index (χ0) is 14.9. The van der Waals surface area contributed by atoms with Crippen LogP contribution in [-0.2, 0) is 6.54 Å². The molecule has 0 atom stereocenters. The van der Waals surface area contributed by atoms with Crippen LogP contribution in [0.3, 0.4) is 0 Å². The number of hydrogen-bond donors (Lipinski definition) is 2. The van der Waals surface area contributed by atoms with Gasteiger partial charge in [-0.1, -0.05) is 0 Å². The summed E-state index contributed by atoms with van der Waals surface area (Å²) >= 11 is 1.51. The van der Waals surface area contributed by atoms with Crippen LogP contribution in [0.25, 0.3) is 0 Å². The van der Waals surface area contributed by atoms with E-state index in [1.54, 1.807) is 17.5 Å². The van der Waals surface area contributed by atoms with Crippen LogP contribution in [0.4, 0.5) is 15.8 Å². The summed E-state index contributed by atoms with van der Waals surface area (Å²) in [6.45, 7) is 2.43. The van der Waals surface area contributed by atoms with Crippen molar-refractivity contribution >= 4 is 28.7 Å². The van der Waals surface area contributed by atoms with Gasteiger partial charge < -0.3 is 15.7 Å². The molecule has 0 bridgehead atoms. The van der Waals surface area contributed by atoms with Crippen LogP contribution in [0.1, 0.15) is 20.9 Å². The number of nitrogens with zero attached hydrogens (tertiary/aromatic N) is 2. The number of carboxylic acid groups (broad SMARTS) is 1. The van der Waals surface area contributed by atoms with Crippen LogP contribution >= 0.6 is 11.3 Å². The molecule has 2 rings (SSSR count). The van der Waals surface area contributed by atoms with Crippen molar-refractivity contribution in [1.29, 1.82) is 0 Å². The summed E-state index contributed by atoms with van der Waals surface area (Å²) in [4.78, 5) is 17.8. The third-order valence-corrected chi connectivity index (χ3v) is 3.90. The second kappa shape index (κ2) is 5.46. The summed E-state index contributed by atoms with van der Waals surface area (Å²) in [6.07, 6.45) is 0. The highest BCUT2D eigenvalue weighted by atomic mass is 32.1. The predicted molar refractivity (Wildman–Crippen MR) is 76.7 cm³/mol. The molecule has 3 N–H and O–H groups in total. The Kier molecular flexibility index (Phi) is 3.89. The average Bonchev–Trinajstić information content (AvgIpc) is 2.77. The van der Waals surface area contributed by atoms with Gasteiger partial charge in [0, 0.05) is 18.0 Å². The van der Waals surface area contributed by atoms with Gasteiger partial charge in [-0.2, -0.15) is 0 Å². The van der Waals surface area contributed by atoms with Crippen LogP contribution < -0.4 is 10.6 Å². The van der Waals surface area contributed by atoms with Crippen molar-refractivity contribution in [2.24, 2.45) is 0 Å². The first-order valence-corrected chi connectivity index (χ1v) is 6.70. The van der Waals surface area contributed by atoms with E-state index in [1.165, 1.54) is 11.3 Å². The normalized spacial score (nSPS) is 10.6. The van der Waals surface area contributed by atoms with Crippen LogP contribution in [0.5, 0.6) is 0 Å². The molecule has 0 aliphatic carbocycles. The second-order valence-electron chi connectivity index (χ2n) is 4.41. The maximum absolute atomic E-state index is 13.7. The molecule has 0 aliphatic heterocycles. The minimum atomic E-state index is -1.33. The Morgan fingerprint density at radius 2 is 2.25 bits per heavy atom. The number of aromatic carboxylic acids is 1. The number of anilines is 2. The average molecular weight is 295 g/mol. The molecule has 0 radical (unpaired) electrons. The van der Waals surface area contributed by atoms with E-state index in [4.69, 9.17) is 10.8 Å². The van der Waals surface area contributed by atoms with Crippen LogP contribution in [0.2, 0.25) is 0 Å². The highest BCUT2D eigenvalue weighted by molar-refractivity contribution is 7.09. The molecule has 0 amide bonds. The molecule has 0 saturated heterocycles. The molecule has 1 heterocycles. The van der Waals surface area contributed by atoms with Crippen molar-refractivity contribution in [2.75, 3.05) is 17.7 Å². The number of hydrogen-bond acceptors (Lipinski definition) is 5. The van der Waals surface area contributed by atoms with E-state index in [1.807, 2.05) is 6.92 Å². The van der Waals surface area contributed by atoms with Crippen molar-refractivity contribution < 1.29 is 14.3 Å². The second-order valence-corrected chi connectivity index (χ2v) is 5.35. The van der Waals surface area contributed by atoms with Crippen LogP contribution in [-0.4, -0.2) is 23.1 Å². The van der Waals surface area contributed by atoms with Gasteiger partial charge in [-0.15, -0.1) is 11.3 Å². The Hall–Kier alpha value is -2.15. The third kappa shape index (κ3) is 2.72.